The van der Waals surface area contributed by atoms with Gasteiger partial charge in [0.1, 0.15) is 5.75 Å². The van der Waals surface area contributed by atoms with Crippen LogP contribution in [0.15, 0.2) is 53.5 Å². The minimum absolute atomic E-state index is 0. The summed E-state index contributed by atoms with van der Waals surface area (Å²) in [5.41, 5.74) is 2.89. The van der Waals surface area contributed by atoms with Gasteiger partial charge in [0.05, 0.1) is 19.2 Å². The van der Waals surface area contributed by atoms with E-state index in [1.54, 1.807) is 19.0 Å². The van der Waals surface area contributed by atoms with E-state index in [0.29, 0.717) is 24.6 Å². The lowest BCUT2D eigenvalue weighted by molar-refractivity contribution is 0.0827. The van der Waals surface area contributed by atoms with Gasteiger partial charge in [-0.25, -0.2) is 4.99 Å². The summed E-state index contributed by atoms with van der Waals surface area (Å²) in [4.78, 5) is 18.3. The molecule has 0 fully saturated rings. The van der Waals surface area contributed by atoms with Crippen LogP contribution in [0.25, 0.3) is 0 Å². The molecule has 7 heteroatoms. The maximum atomic E-state index is 12.0. The summed E-state index contributed by atoms with van der Waals surface area (Å²) in [6, 6.07) is 15.9. The van der Waals surface area contributed by atoms with Crippen molar-refractivity contribution in [3.8, 4) is 5.75 Å². The Balaban J connectivity index is 0.00000512. The van der Waals surface area contributed by atoms with Crippen LogP contribution in [0.1, 0.15) is 55.2 Å². The minimum atomic E-state index is -0.000458. The van der Waals surface area contributed by atoms with Crippen LogP contribution in [0.2, 0.25) is 0 Å². The molecule has 0 aliphatic heterocycles. The van der Waals surface area contributed by atoms with E-state index in [4.69, 9.17) is 9.73 Å². The number of aliphatic imine (C=N–C) groups is 1. The molecule has 0 spiro atoms. The number of benzene rings is 2. The fourth-order valence-corrected chi connectivity index (χ4v) is 2.91. The van der Waals surface area contributed by atoms with E-state index in [1.807, 2.05) is 43.3 Å². The summed E-state index contributed by atoms with van der Waals surface area (Å²) >= 11 is 0. The summed E-state index contributed by atoms with van der Waals surface area (Å²) in [5, 5.41) is 6.75. The topological polar surface area (TPSA) is 66.0 Å². The quantitative estimate of drug-likeness (QED) is 0.265. The SMILES string of the molecule is CCNC(=NCc1ccc(C(=O)N(C)C)cc1)NC(C)c1ccc(OCC(C)C)cc1.I. The predicted octanol–water partition coefficient (Wildman–Crippen LogP) is 4.86. The molecule has 0 aliphatic rings. The van der Waals surface area contributed by atoms with Gasteiger partial charge in [0.15, 0.2) is 5.96 Å². The first-order chi connectivity index (χ1) is 14.8. The van der Waals surface area contributed by atoms with Gasteiger partial charge in [0.25, 0.3) is 5.91 Å². The van der Waals surface area contributed by atoms with E-state index in [-0.39, 0.29) is 35.9 Å². The first kappa shape index (κ1) is 27.7. The lowest BCUT2D eigenvalue weighted by Crippen LogP contribution is -2.38. The molecule has 0 aromatic heterocycles. The zero-order chi connectivity index (χ0) is 22.8. The summed E-state index contributed by atoms with van der Waals surface area (Å²) in [6.07, 6.45) is 0. The van der Waals surface area contributed by atoms with Crippen molar-refractivity contribution in [2.24, 2.45) is 10.9 Å². The fraction of sp³-hybridized carbons (Fsp3) is 0.440. The van der Waals surface area contributed by atoms with Crippen LogP contribution in [-0.4, -0.2) is 44.0 Å². The molecule has 0 saturated heterocycles. The number of halogens is 1. The van der Waals surface area contributed by atoms with Gasteiger partial charge in [-0.3, -0.25) is 4.79 Å². The molecule has 1 amide bonds. The molecular weight excluding hydrogens is 515 g/mol. The molecule has 2 rings (SSSR count). The van der Waals surface area contributed by atoms with Crippen LogP contribution in [0.3, 0.4) is 0 Å². The highest BCUT2D eigenvalue weighted by Crippen LogP contribution is 2.18. The Kier molecular flexibility index (Phi) is 12.1. The molecule has 0 saturated carbocycles. The van der Waals surface area contributed by atoms with Crippen molar-refractivity contribution in [2.45, 2.75) is 40.3 Å². The molecule has 6 nitrogen and oxygen atoms in total. The lowest BCUT2D eigenvalue weighted by Gasteiger charge is -2.19. The molecule has 2 N–H and O–H groups in total. The number of hydrogen-bond acceptors (Lipinski definition) is 3. The Morgan fingerprint density at radius 1 is 1.03 bits per heavy atom. The summed E-state index contributed by atoms with van der Waals surface area (Å²) in [7, 11) is 3.50. The van der Waals surface area contributed by atoms with Crippen LogP contribution in [0.5, 0.6) is 5.75 Å². The Morgan fingerprint density at radius 2 is 1.66 bits per heavy atom. The fourth-order valence-electron chi connectivity index (χ4n) is 2.91. The first-order valence-electron chi connectivity index (χ1n) is 10.9. The third kappa shape index (κ3) is 9.06. The molecular formula is C25H37IN4O2. The minimum Gasteiger partial charge on any atom is -0.493 e. The average molecular weight is 553 g/mol. The highest BCUT2D eigenvalue weighted by atomic mass is 127. The first-order valence-corrected chi connectivity index (χ1v) is 10.9. The summed E-state index contributed by atoms with van der Waals surface area (Å²) in [6.45, 7) is 10.5. The van der Waals surface area contributed by atoms with Gasteiger partial charge < -0.3 is 20.3 Å². The second-order valence-corrected chi connectivity index (χ2v) is 8.23. The molecule has 176 valence electrons. The van der Waals surface area contributed by atoms with E-state index in [2.05, 4.69) is 43.5 Å². The zero-order valence-corrected chi connectivity index (χ0v) is 22.3. The van der Waals surface area contributed by atoms with Crippen LogP contribution >= 0.6 is 24.0 Å². The number of guanidine groups is 1. The molecule has 32 heavy (non-hydrogen) atoms. The van der Waals surface area contributed by atoms with Crippen LogP contribution < -0.4 is 15.4 Å². The van der Waals surface area contributed by atoms with Crippen molar-refractivity contribution in [2.75, 3.05) is 27.2 Å². The number of amides is 1. The number of nitrogens with one attached hydrogen (secondary N) is 2. The Hall–Kier alpha value is -2.29. The monoisotopic (exact) mass is 552 g/mol. The smallest absolute Gasteiger partial charge is 0.253 e. The van der Waals surface area contributed by atoms with Gasteiger partial charge in [0.2, 0.25) is 0 Å². The van der Waals surface area contributed by atoms with E-state index >= 15 is 0 Å². The molecule has 1 unspecified atom stereocenters. The average Bonchev–Trinajstić information content (AvgIpc) is 2.76. The number of rotatable bonds is 9. The molecule has 0 heterocycles. The van der Waals surface area contributed by atoms with E-state index < -0.39 is 0 Å². The summed E-state index contributed by atoms with van der Waals surface area (Å²) in [5.74, 6) is 2.15. The second kappa shape index (κ2) is 14.0. The maximum absolute atomic E-state index is 12.0. The number of hydrogen-bond donors (Lipinski definition) is 2. The number of nitrogens with zero attached hydrogens (tertiary/aromatic N) is 2. The van der Waals surface area contributed by atoms with Crippen LogP contribution in [-0.2, 0) is 6.54 Å². The van der Waals surface area contributed by atoms with Crippen molar-refractivity contribution in [3.63, 3.8) is 0 Å². The molecule has 0 aliphatic carbocycles. The van der Waals surface area contributed by atoms with Gasteiger partial charge in [-0.2, -0.15) is 0 Å². The van der Waals surface area contributed by atoms with E-state index in [9.17, 15) is 4.79 Å². The number of ether oxygens (including phenoxy) is 1. The van der Waals surface area contributed by atoms with Gasteiger partial charge in [-0.05, 0) is 55.2 Å². The molecule has 0 bridgehead atoms. The normalized spacial score (nSPS) is 12.0. The third-order valence-electron chi connectivity index (χ3n) is 4.69. The zero-order valence-electron chi connectivity index (χ0n) is 20.0. The van der Waals surface area contributed by atoms with Crippen LogP contribution in [0.4, 0.5) is 0 Å². The van der Waals surface area contributed by atoms with Gasteiger partial charge >= 0.3 is 0 Å². The highest BCUT2D eigenvalue weighted by molar-refractivity contribution is 14.0. The Labute approximate surface area is 209 Å². The highest BCUT2D eigenvalue weighted by Gasteiger charge is 2.09. The van der Waals surface area contributed by atoms with Crippen molar-refractivity contribution in [3.05, 3.63) is 65.2 Å². The third-order valence-corrected chi connectivity index (χ3v) is 4.69. The second-order valence-electron chi connectivity index (χ2n) is 8.23. The molecule has 2 aromatic rings. The Morgan fingerprint density at radius 3 is 2.19 bits per heavy atom. The van der Waals surface area contributed by atoms with E-state index in [0.717, 1.165) is 29.4 Å². The van der Waals surface area contributed by atoms with Crippen molar-refractivity contribution < 1.29 is 9.53 Å². The van der Waals surface area contributed by atoms with Crippen molar-refractivity contribution in [1.29, 1.82) is 0 Å². The summed E-state index contributed by atoms with van der Waals surface area (Å²) < 4.78 is 5.77. The maximum Gasteiger partial charge on any atom is 0.253 e. The van der Waals surface area contributed by atoms with Crippen molar-refractivity contribution >= 4 is 35.8 Å². The van der Waals surface area contributed by atoms with Gasteiger partial charge in [-0.1, -0.05) is 38.1 Å². The molecule has 1 atom stereocenters. The van der Waals surface area contributed by atoms with Gasteiger partial charge in [0, 0.05) is 26.2 Å². The predicted molar refractivity (Wildman–Crippen MR) is 143 cm³/mol. The largest absolute Gasteiger partial charge is 0.493 e. The Bertz CT molecular complexity index is 849. The van der Waals surface area contributed by atoms with Gasteiger partial charge in [-0.15, -0.1) is 24.0 Å². The lowest BCUT2D eigenvalue weighted by atomic mass is 10.1. The van der Waals surface area contributed by atoms with Crippen molar-refractivity contribution in [1.82, 2.24) is 15.5 Å². The standard InChI is InChI=1S/C25H36N4O2.HI/c1-7-26-25(27-16-20-8-10-22(11-9-20)24(30)29(5)6)28-19(4)21-12-14-23(15-13-21)31-17-18(2)3;/h8-15,18-19H,7,16-17H2,1-6H3,(H2,26,27,28);1H. The molecule has 2 aromatic carbocycles. The van der Waals surface area contributed by atoms with Crippen LogP contribution in [0, 0.1) is 5.92 Å². The van der Waals surface area contributed by atoms with E-state index in [1.165, 1.54) is 0 Å². The number of carbonyl (C=O) groups excluding carboxylic acids is 1. The molecule has 0 radical (unpaired) electrons. The number of carbonyl (C=O) groups is 1.